The molecule has 2 nitrogen and oxygen atoms in total. The minimum Gasteiger partial charge on any atom is -0.338 e. The smallest absolute Gasteiger partial charge is 0.253 e. The van der Waals surface area contributed by atoms with Gasteiger partial charge >= 0.3 is 0 Å². The molecule has 1 atom stereocenters. The molecule has 120 valence electrons. The molecule has 1 amide bonds. The fourth-order valence-corrected chi connectivity index (χ4v) is 3.23. The number of carbonyl (C=O) groups excluding carboxylic acids is 1. The summed E-state index contributed by atoms with van der Waals surface area (Å²) in [6, 6.07) is 13.7. The average molecular weight is 332 g/mol. The molecule has 23 heavy (non-hydrogen) atoms. The second-order valence-corrected chi connectivity index (χ2v) is 6.44. The number of halogens is 2. The van der Waals surface area contributed by atoms with Crippen LogP contribution in [0.2, 0.25) is 5.02 Å². The molecular formula is C19H19ClFNO. The zero-order chi connectivity index (χ0) is 16.2. The maximum atomic E-state index is 13.1. The number of benzene rings is 2. The van der Waals surface area contributed by atoms with E-state index in [0.717, 1.165) is 31.4 Å². The number of likely N-dealkylation sites (tertiary alicyclic amines) is 1. The molecule has 0 saturated carbocycles. The van der Waals surface area contributed by atoms with Crippen molar-refractivity contribution in [1.82, 2.24) is 4.90 Å². The molecule has 4 heteroatoms. The van der Waals surface area contributed by atoms with Crippen LogP contribution in [0.25, 0.3) is 0 Å². The normalized spacial score (nSPS) is 18.5. The molecular weight excluding hydrogens is 313 g/mol. The zero-order valence-corrected chi connectivity index (χ0v) is 13.6. The molecule has 1 fully saturated rings. The molecule has 0 unspecified atom stereocenters. The van der Waals surface area contributed by atoms with E-state index in [1.54, 1.807) is 24.3 Å². The first-order valence-corrected chi connectivity index (χ1v) is 8.31. The summed E-state index contributed by atoms with van der Waals surface area (Å²) in [7, 11) is 0. The molecule has 0 aliphatic carbocycles. The summed E-state index contributed by atoms with van der Waals surface area (Å²) in [5, 5.41) is 0.626. The van der Waals surface area contributed by atoms with E-state index < -0.39 is 0 Å². The van der Waals surface area contributed by atoms with Gasteiger partial charge in [-0.3, -0.25) is 4.79 Å². The highest BCUT2D eigenvalue weighted by Gasteiger charge is 2.24. The second kappa shape index (κ2) is 7.14. The Morgan fingerprint density at radius 2 is 1.74 bits per heavy atom. The van der Waals surface area contributed by atoms with Gasteiger partial charge in [0.1, 0.15) is 5.82 Å². The lowest BCUT2D eigenvalue weighted by molar-refractivity contribution is 0.0754. The van der Waals surface area contributed by atoms with E-state index in [-0.39, 0.29) is 17.6 Å². The zero-order valence-electron chi connectivity index (χ0n) is 12.8. The molecule has 0 radical (unpaired) electrons. The summed E-state index contributed by atoms with van der Waals surface area (Å²) in [4.78, 5) is 14.6. The average Bonchev–Trinajstić information content (AvgIpc) is 2.82. The van der Waals surface area contributed by atoms with Crippen molar-refractivity contribution in [1.29, 1.82) is 0 Å². The fraction of sp³-hybridized carbons (Fsp3) is 0.316. The molecule has 1 saturated heterocycles. The van der Waals surface area contributed by atoms with Gasteiger partial charge in [-0.15, -0.1) is 0 Å². The van der Waals surface area contributed by atoms with Crippen LogP contribution in [0.3, 0.4) is 0 Å². The van der Waals surface area contributed by atoms with Gasteiger partial charge in [-0.2, -0.15) is 0 Å². The summed E-state index contributed by atoms with van der Waals surface area (Å²) in [5.41, 5.74) is 1.76. The largest absolute Gasteiger partial charge is 0.338 e. The Kier molecular flexibility index (Phi) is 4.97. The van der Waals surface area contributed by atoms with Crippen molar-refractivity contribution < 1.29 is 9.18 Å². The number of hydrogen-bond acceptors (Lipinski definition) is 1. The van der Waals surface area contributed by atoms with Gasteiger partial charge in [0, 0.05) is 29.6 Å². The first kappa shape index (κ1) is 16.0. The van der Waals surface area contributed by atoms with Crippen LogP contribution in [0.1, 0.15) is 41.1 Å². The van der Waals surface area contributed by atoms with Crippen LogP contribution in [0.5, 0.6) is 0 Å². The van der Waals surface area contributed by atoms with Gasteiger partial charge in [0.05, 0.1) is 0 Å². The third-order valence-electron chi connectivity index (χ3n) is 4.39. The van der Waals surface area contributed by atoms with Crippen LogP contribution in [-0.2, 0) is 0 Å². The molecule has 0 bridgehead atoms. The maximum Gasteiger partial charge on any atom is 0.253 e. The van der Waals surface area contributed by atoms with Crippen LogP contribution in [-0.4, -0.2) is 23.9 Å². The summed E-state index contributed by atoms with van der Waals surface area (Å²) < 4.78 is 13.1. The Labute approximate surface area is 140 Å². The number of hydrogen-bond donors (Lipinski definition) is 0. The maximum absolute atomic E-state index is 13.1. The van der Waals surface area contributed by atoms with Gasteiger partial charge in [0.15, 0.2) is 0 Å². The monoisotopic (exact) mass is 331 g/mol. The van der Waals surface area contributed by atoms with Crippen molar-refractivity contribution in [3.05, 3.63) is 70.5 Å². The molecule has 1 heterocycles. The summed E-state index contributed by atoms with van der Waals surface area (Å²) >= 11 is 5.89. The third kappa shape index (κ3) is 3.91. The number of nitrogens with zero attached hydrogens (tertiary/aromatic N) is 1. The quantitative estimate of drug-likeness (QED) is 0.767. The number of amides is 1. The van der Waals surface area contributed by atoms with Gasteiger partial charge in [0.2, 0.25) is 0 Å². The van der Waals surface area contributed by atoms with Gasteiger partial charge in [0.25, 0.3) is 5.91 Å². The lowest BCUT2D eigenvalue weighted by Gasteiger charge is -2.25. The van der Waals surface area contributed by atoms with E-state index in [4.69, 9.17) is 11.6 Å². The topological polar surface area (TPSA) is 20.3 Å². The minimum absolute atomic E-state index is 0.0377. The van der Waals surface area contributed by atoms with E-state index in [1.165, 1.54) is 12.1 Å². The third-order valence-corrected chi connectivity index (χ3v) is 4.64. The van der Waals surface area contributed by atoms with E-state index in [0.29, 0.717) is 17.1 Å². The van der Waals surface area contributed by atoms with Crippen molar-refractivity contribution in [2.45, 2.75) is 25.2 Å². The lowest BCUT2D eigenvalue weighted by atomic mass is 9.94. The van der Waals surface area contributed by atoms with Crippen LogP contribution >= 0.6 is 11.6 Å². The molecule has 0 N–H and O–H groups in total. The van der Waals surface area contributed by atoms with Crippen molar-refractivity contribution in [3.8, 4) is 0 Å². The van der Waals surface area contributed by atoms with E-state index in [9.17, 15) is 9.18 Å². The van der Waals surface area contributed by atoms with Crippen LogP contribution < -0.4 is 0 Å². The Hall–Kier alpha value is -1.87. The van der Waals surface area contributed by atoms with Crippen LogP contribution in [0.15, 0.2) is 48.5 Å². The second-order valence-electron chi connectivity index (χ2n) is 6.00. The predicted octanol–water partition coefficient (Wildman–Crippen LogP) is 4.89. The Balaban J connectivity index is 1.77. The minimum atomic E-state index is -0.225. The Morgan fingerprint density at radius 3 is 2.43 bits per heavy atom. The highest BCUT2D eigenvalue weighted by molar-refractivity contribution is 6.30. The van der Waals surface area contributed by atoms with Crippen molar-refractivity contribution in [2.24, 2.45) is 0 Å². The van der Waals surface area contributed by atoms with E-state index in [1.807, 2.05) is 17.0 Å². The van der Waals surface area contributed by atoms with Crippen molar-refractivity contribution >= 4 is 17.5 Å². The summed E-state index contributed by atoms with van der Waals surface area (Å²) in [5.74, 6) is 0.0708. The van der Waals surface area contributed by atoms with Crippen LogP contribution in [0, 0.1) is 5.82 Å². The molecule has 0 aromatic heterocycles. The highest BCUT2D eigenvalue weighted by Crippen LogP contribution is 2.27. The van der Waals surface area contributed by atoms with Crippen molar-refractivity contribution in [3.63, 3.8) is 0 Å². The molecule has 3 rings (SSSR count). The van der Waals surface area contributed by atoms with Gasteiger partial charge in [-0.25, -0.2) is 4.39 Å². The van der Waals surface area contributed by atoms with E-state index in [2.05, 4.69) is 0 Å². The molecule has 0 spiro atoms. The Morgan fingerprint density at radius 1 is 1.04 bits per heavy atom. The first-order chi connectivity index (χ1) is 11.1. The lowest BCUT2D eigenvalue weighted by Crippen LogP contribution is -2.34. The summed E-state index contributed by atoms with van der Waals surface area (Å²) in [6.45, 7) is 1.44. The first-order valence-electron chi connectivity index (χ1n) is 7.94. The van der Waals surface area contributed by atoms with Crippen LogP contribution in [0.4, 0.5) is 4.39 Å². The number of carbonyl (C=O) groups is 1. The standard InChI is InChI=1S/C19H19ClFNO/c20-17-8-4-15(5-9-17)19(23)22-12-2-1-3-16(13-22)14-6-10-18(21)11-7-14/h4-11,16H,1-3,12-13H2/t16-/m1/s1. The molecule has 1 aliphatic rings. The number of rotatable bonds is 2. The SMILES string of the molecule is O=C(c1ccc(Cl)cc1)N1CCCC[C@@H](c2ccc(F)cc2)C1. The molecule has 2 aromatic rings. The fourth-order valence-electron chi connectivity index (χ4n) is 3.11. The van der Waals surface area contributed by atoms with Gasteiger partial charge < -0.3 is 4.90 Å². The predicted molar refractivity (Wildman–Crippen MR) is 90.3 cm³/mol. The van der Waals surface area contributed by atoms with E-state index >= 15 is 0 Å². The molecule has 2 aromatic carbocycles. The molecule has 1 aliphatic heterocycles. The summed E-state index contributed by atoms with van der Waals surface area (Å²) in [6.07, 6.45) is 3.10. The van der Waals surface area contributed by atoms with Gasteiger partial charge in [-0.1, -0.05) is 30.2 Å². The highest BCUT2D eigenvalue weighted by atomic mass is 35.5. The van der Waals surface area contributed by atoms with Gasteiger partial charge in [-0.05, 0) is 54.8 Å². The van der Waals surface area contributed by atoms with Crippen molar-refractivity contribution in [2.75, 3.05) is 13.1 Å². The Bertz CT molecular complexity index is 669.